The van der Waals surface area contributed by atoms with E-state index < -0.39 is 16.0 Å². The highest BCUT2D eigenvalue weighted by atomic mass is 32.2. The number of ether oxygens (including phenoxy) is 1. The molecule has 2 aromatic carbocycles. The van der Waals surface area contributed by atoms with Crippen LogP contribution >= 0.6 is 0 Å². The minimum absolute atomic E-state index is 0.161. The SMILES string of the molecule is COC(=O)c1ccc(C)c(NC(=O)C2CCN(S(=O)(=O)c3ccc4c(c3)CCCC4)CC2)c1. The van der Waals surface area contributed by atoms with Crippen molar-refractivity contribution in [3.63, 3.8) is 0 Å². The van der Waals surface area contributed by atoms with E-state index in [1.807, 2.05) is 19.1 Å². The number of aryl methyl sites for hydroxylation is 3. The highest BCUT2D eigenvalue weighted by Gasteiger charge is 2.32. The first kappa shape index (κ1) is 23.4. The molecule has 0 saturated carbocycles. The van der Waals surface area contributed by atoms with Gasteiger partial charge in [0.05, 0.1) is 17.6 Å². The number of anilines is 1. The van der Waals surface area contributed by atoms with Crippen LogP contribution < -0.4 is 5.32 Å². The number of nitrogens with one attached hydrogen (secondary N) is 1. The van der Waals surface area contributed by atoms with E-state index in [9.17, 15) is 18.0 Å². The Bertz CT molecular complexity index is 1170. The van der Waals surface area contributed by atoms with Gasteiger partial charge in [0.15, 0.2) is 0 Å². The fraction of sp³-hybridized carbons (Fsp3) is 0.440. The molecule has 0 unspecified atom stereocenters. The fourth-order valence-electron chi connectivity index (χ4n) is 4.61. The number of nitrogens with zero attached hydrogens (tertiary/aromatic N) is 1. The van der Waals surface area contributed by atoms with Gasteiger partial charge in [-0.3, -0.25) is 4.79 Å². The molecule has 0 aromatic heterocycles. The van der Waals surface area contributed by atoms with Crippen LogP contribution in [-0.4, -0.2) is 44.8 Å². The molecule has 0 spiro atoms. The van der Waals surface area contributed by atoms with Crippen LogP contribution in [0.4, 0.5) is 5.69 Å². The van der Waals surface area contributed by atoms with Crippen molar-refractivity contribution in [2.45, 2.75) is 50.3 Å². The summed E-state index contributed by atoms with van der Waals surface area (Å²) in [5.74, 6) is -0.918. The Morgan fingerprint density at radius 2 is 1.70 bits per heavy atom. The van der Waals surface area contributed by atoms with Gasteiger partial charge in [-0.1, -0.05) is 12.1 Å². The summed E-state index contributed by atoms with van der Waals surface area (Å²) < 4.78 is 32.6. The predicted molar refractivity (Wildman–Crippen MR) is 126 cm³/mol. The zero-order chi connectivity index (χ0) is 23.6. The second-order valence-electron chi connectivity index (χ2n) is 8.83. The van der Waals surface area contributed by atoms with E-state index in [4.69, 9.17) is 4.74 Å². The maximum Gasteiger partial charge on any atom is 0.337 e. The van der Waals surface area contributed by atoms with Crippen molar-refractivity contribution in [2.24, 2.45) is 5.92 Å². The molecule has 33 heavy (non-hydrogen) atoms. The molecule has 0 radical (unpaired) electrons. The number of carbonyl (C=O) groups excluding carboxylic acids is 2. The molecule has 1 amide bonds. The molecule has 0 atom stereocenters. The zero-order valence-corrected chi connectivity index (χ0v) is 19.9. The molecular weight excluding hydrogens is 440 g/mol. The molecule has 0 bridgehead atoms. The number of methoxy groups -OCH3 is 1. The number of hydrogen-bond acceptors (Lipinski definition) is 5. The summed E-state index contributed by atoms with van der Waals surface area (Å²) in [6.07, 6.45) is 5.09. The summed E-state index contributed by atoms with van der Waals surface area (Å²) in [6, 6.07) is 10.5. The van der Waals surface area contributed by atoms with Crippen molar-refractivity contribution in [3.05, 3.63) is 58.7 Å². The van der Waals surface area contributed by atoms with Crippen molar-refractivity contribution >= 4 is 27.6 Å². The smallest absolute Gasteiger partial charge is 0.337 e. The lowest BCUT2D eigenvalue weighted by Crippen LogP contribution is -2.41. The van der Waals surface area contributed by atoms with E-state index in [2.05, 4.69) is 5.32 Å². The molecule has 176 valence electrons. The summed E-state index contributed by atoms with van der Waals surface area (Å²) in [7, 11) is -2.27. The van der Waals surface area contributed by atoms with Gasteiger partial charge in [0.2, 0.25) is 15.9 Å². The van der Waals surface area contributed by atoms with Crippen LogP contribution in [0.2, 0.25) is 0 Å². The Kier molecular flexibility index (Phi) is 6.86. The Balaban J connectivity index is 1.40. The Morgan fingerprint density at radius 3 is 2.39 bits per heavy atom. The molecule has 2 aliphatic rings. The van der Waals surface area contributed by atoms with Gasteiger partial charge in [-0.15, -0.1) is 0 Å². The number of fused-ring (bicyclic) bond motifs is 1. The van der Waals surface area contributed by atoms with E-state index in [-0.39, 0.29) is 11.8 Å². The van der Waals surface area contributed by atoms with Crippen molar-refractivity contribution in [1.82, 2.24) is 4.31 Å². The molecule has 1 aliphatic heterocycles. The summed E-state index contributed by atoms with van der Waals surface area (Å²) >= 11 is 0. The largest absolute Gasteiger partial charge is 0.465 e. The topological polar surface area (TPSA) is 92.8 Å². The van der Waals surface area contributed by atoms with Crippen LogP contribution in [0.3, 0.4) is 0 Å². The third-order valence-electron chi connectivity index (χ3n) is 6.70. The first-order chi connectivity index (χ1) is 15.8. The summed E-state index contributed by atoms with van der Waals surface area (Å²) in [5, 5.41) is 2.90. The summed E-state index contributed by atoms with van der Waals surface area (Å²) in [4.78, 5) is 25.0. The highest BCUT2D eigenvalue weighted by molar-refractivity contribution is 7.89. The molecular formula is C25H30N2O5S. The predicted octanol–water partition coefficient (Wildman–Crippen LogP) is 3.70. The molecule has 1 aliphatic carbocycles. The molecule has 2 aromatic rings. The molecule has 1 N–H and O–H groups in total. The van der Waals surface area contributed by atoms with E-state index in [0.717, 1.165) is 36.8 Å². The van der Waals surface area contributed by atoms with E-state index in [1.165, 1.54) is 17.0 Å². The molecule has 1 heterocycles. The minimum atomic E-state index is -3.58. The Hall–Kier alpha value is -2.71. The van der Waals surface area contributed by atoms with Gasteiger partial charge in [-0.05, 0) is 86.4 Å². The third kappa shape index (κ3) is 4.96. The van der Waals surface area contributed by atoms with Crippen molar-refractivity contribution < 1.29 is 22.7 Å². The number of piperidine rings is 1. The van der Waals surface area contributed by atoms with E-state index >= 15 is 0 Å². The molecule has 1 saturated heterocycles. The minimum Gasteiger partial charge on any atom is -0.465 e. The van der Waals surface area contributed by atoms with E-state index in [0.29, 0.717) is 42.1 Å². The standard InChI is InChI=1S/C25H30N2O5S/c1-17-7-8-21(25(29)32-2)16-23(17)26-24(28)19-11-13-27(14-12-19)33(30,31)22-10-9-18-5-3-4-6-20(18)15-22/h7-10,15-16,19H,3-6,11-14H2,1-2H3,(H,26,28). The monoisotopic (exact) mass is 470 g/mol. The van der Waals surface area contributed by atoms with Crippen LogP contribution in [0.15, 0.2) is 41.3 Å². The number of esters is 1. The van der Waals surface area contributed by atoms with Crippen LogP contribution in [0.25, 0.3) is 0 Å². The van der Waals surface area contributed by atoms with Crippen molar-refractivity contribution in [3.8, 4) is 0 Å². The Morgan fingerprint density at radius 1 is 1.00 bits per heavy atom. The maximum atomic E-state index is 13.2. The highest BCUT2D eigenvalue weighted by Crippen LogP contribution is 2.29. The Labute approximate surface area is 195 Å². The maximum absolute atomic E-state index is 13.2. The quantitative estimate of drug-likeness (QED) is 0.673. The molecule has 1 fully saturated rings. The van der Waals surface area contributed by atoms with Crippen LogP contribution in [0.5, 0.6) is 0 Å². The van der Waals surface area contributed by atoms with Crippen LogP contribution in [0.1, 0.15) is 52.7 Å². The molecule has 8 heteroatoms. The van der Waals surface area contributed by atoms with Crippen LogP contribution in [0, 0.1) is 12.8 Å². The lowest BCUT2D eigenvalue weighted by Gasteiger charge is -2.31. The van der Waals surface area contributed by atoms with Gasteiger partial charge in [-0.2, -0.15) is 4.31 Å². The number of amides is 1. The normalized spacial score (nSPS) is 17.3. The number of benzene rings is 2. The van der Waals surface area contributed by atoms with Gasteiger partial charge in [0.25, 0.3) is 0 Å². The first-order valence-corrected chi connectivity index (χ1v) is 12.9. The second kappa shape index (κ2) is 9.65. The van der Waals surface area contributed by atoms with Gasteiger partial charge < -0.3 is 10.1 Å². The summed E-state index contributed by atoms with van der Waals surface area (Å²) in [5.41, 5.74) is 4.16. The number of hydrogen-bond donors (Lipinski definition) is 1. The van der Waals surface area contributed by atoms with Crippen molar-refractivity contribution in [2.75, 3.05) is 25.5 Å². The fourth-order valence-corrected chi connectivity index (χ4v) is 6.13. The van der Waals surface area contributed by atoms with Gasteiger partial charge in [-0.25, -0.2) is 13.2 Å². The third-order valence-corrected chi connectivity index (χ3v) is 8.59. The second-order valence-corrected chi connectivity index (χ2v) is 10.8. The van der Waals surface area contributed by atoms with Gasteiger partial charge >= 0.3 is 5.97 Å². The first-order valence-electron chi connectivity index (χ1n) is 11.4. The average Bonchev–Trinajstić information content (AvgIpc) is 2.84. The number of carbonyl (C=O) groups is 2. The molecule has 7 nitrogen and oxygen atoms in total. The van der Waals surface area contributed by atoms with Crippen molar-refractivity contribution in [1.29, 1.82) is 0 Å². The average molecular weight is 471 g/mol. The summed E-state index contributed by atoms with van der Waals surface area (Å²) in [6.45, 7) is 2.46. The lowest BCUT2D eigenvalue weighted by molar-refractivity contribution is -0.120. The van der Waals surface area contributed by atoms with Gasteiger partial charge in [0.1, 0.15) is 0 Å². The van der Waals surface area contributed by atoms with Crippen LogP contribution in [-0.2, 0) is 32.4 Å². The molecule has 4 rings (SSSR count). The zero-order valence-electron chi connectivity index (χ0n) is 19.1. The van der Waals surface area contributed by atoms with Gasteiger partial charge in [0, 0.05) is 24.7 Å². The number of sulfonamides is 1. The lowest BCUT2D eigenvalue weighted by atomic mass is 9.92. The number of rotatable bonds is 5. The van der Waals surface area contributed by atoms with E-state index in [1.54, 1.807) is 24.3 Å².